The van der Waals surface area contributed by atoms with Crippen LogP contribution in [0.5, 0.6) is 5.75 Å². The number of nitrogens with zero attached hydrogens (tertiary/aromatic N) is 1. The van der Waals surface area contributed by atoms with E-state index in [1.807, 2.05) is 41.3 Å². The Balaban J connectivity index is 1.37. The third kappa shape index (κ3) is 4.62. The van der Waals surface area contributed by atoms with E-state index in [-0.39, 0.29) is 29.9 Å². The summed E-state index contributed by atoms with van der Waals surface area (Å²) < 4.78 is 33.4. The molecule has 6 nitrogen and oxygen atoms in total. The van der Waals surface area contributed by atoms with E-state index in [4.69, 9.17) is 4.74 Å². The molecule has 1 heterocycles. The first kappa shape index (κ1) is 19.9. The minimum atomic E-state index is -3.63. The maximum Gasteiger partial charge on any atom is 0.240 e. The van der Waals surface area contributed by atoms with E-state index in [0.29, 0.717) is 18.8 Å². The summed E-state index contributed by atoms with van der Waals surface area (Å²) in [6.07, 6.45) is 3.85. The van der Waals surface area contributed by atoms with Crippen LogP contribution in [0.4, 0.5) is 0 Å². The standard InChI is InChI=1S/C22H26N2O4S/c25-22(18-5-4-6-18)24-13-11-17-9-10-21(15-19(17)16-24)29(26,27)23-12-14-28-20-7-2-1-3-8-20/h1-3,7-10,15,18,23H,4-6,11-14,16H2. The number of sulfonamides is 1. The van der Waals surface area contributed by atoms with Crippen LogP contribution >= 0.6 is 0 Å². The zero-order valence-corrected chi connectivity index (χ0v) is 17.2. The number of benzene rings is 2. The fraction of sp³-hybridized carbons (Fsp3) is 0.409. The highest BCUT2D eigenvalue weighted by Crippen LogP contribution is 2.31. The van der Waals surface area contributed by atoms with Crippen molar-refractivity contribution in [3.8, 4) is 5.75 Å². The van der Waals surface area contributed by atoms with Gasteiger partial charge in [-0.25, -0.2) is 13.1 Å². The van der Waals surface area contributed by atoms with Gasteiger partial charge in [0.1, 0.15) is 12.4 Å². The molecule has 0 aromatic heterocycles. The first-order valence-electron chi connectivity index (χ1n) is 10.1. The third-order valence-electron chi connectivity index (χ3n) is 5.67. The molecule has 0 unspecified atom stereocenters. The molecule has 1 N–H and O–H groups in total. The predicted octanol–water partition coefficient (Wildman–Crippen LogP) is 2.73. The fourth-order valence-electron chi connectivity index (χ4n) is 3.75. The van der Waals surface area contributed by atoms with Crippen molar-refractivity contribution in [1.82, 2.24) is 9.62 Å². The molecule has 0 radical (unpaired) electrons. The molecule has 1 amide bonds. The van der Waals surface area contributed by atoms with Crippen molar-refractivity contribution >= 4 is 15.9 Å². The van der Waals surface area contributed by atoms with Gasteiger partial charge in [0.05, 0.1) is 4.90 Å². The van der Waals surface area contributed by atoms with Gasteiger partial charge in [0.25, 0.3) is 0 Å². The SMILES string of the molecule is O=C(C1CCC1)N1CCc2ccc(S(=O)(=O)NCCOc3ccccc3)cc2C1. The van der Waals surface area contributed by atoms with Crippen LogP contribution in [0.25, 0.3) is 0 Å². The highest BCUT2D eigenvalue weighted by atomic mass is 32.2. The van der Waals surface area contributed by atoms with Crippen molar-refractivity contribution in [3.63, 3.8) is 0 Å². The van der Waals surface area contributed by atoms with E-state index >= 15 is 0 Å². The lowest BCUT2D eigenvalue weighted by Crippen LogP contribution is -2.41. The highest BCUT2D eigenvalue weighted by molar-refractivity contribution is 7.89. The first-order chi connectivity index (χ1) is 14.0. The zero-order valence-electron chi connectivity index (χ0n) is 16.3. The van der Waals surface area contributed by atoms with Gasteiger partial charge in [-0.1, -0.05) is 30.7 Å². The van der Waals surface area contributed by atoms with E-state index in [1.165, 1.54) is 0 Å². The lowest BCUT2D eigenvalue weighted by atomic mass is 9.84. The largest absolute Gasteiger partial charge is 0.492 e. The fourth-order valence-corrected chi connectivity index (χ4v) is 4.81. The molecule has 29 heavy (non-hydrogen) atoms. The molecule has 1 aliphatic carbocycles. The van der Waals surface area contributed by atoms with Crippen LogP contribution in [0.1, 0.15) is 30.4 Å². The molecular formula is C22H26N2O4S. The molecule has 0 saturated heterocycles. The van der Waals surface area contributed by atoms with Crippen LogP contribution in [0.2, 0.25) is 0 Å². The van der Waals surface area contributed by atoms with Crippen LogP contribution in [0.15, 0.2) is 53.4 Å². The van der Waals surface area contributed by atoms with Crippen molar-refractivity contribution < 1.29 is 17.9 Å². The number of nitrogens with one attached hydrogen (secondary N) is 1. The maximum absolute atomic E-state index is 12.7. The normalized spacial score (nSPS) is 16.8. The monoisotopic (exact) mass is 414 g/mol. The molecule has 1 saturated carbocycles. The minimum Gasteiger partial charge on any atom is -0.492 e. The van der Waals surface area contributed by atoms with Gasteiger partial charge in [0.2, 0.25) is 15.9 Å². The summed E-state index contributed by atoms with van der Waals surface area (Å²) in [6, 6.07) is 14.5. The van der Waals surface area contributed by atoms with Gasteiger partial charge in [-0.15, -0.1) is 0 Å². The highest BCUT2D eigenvalue weighted by Gasteiger charge is 2.31. The number of rotatable bonds is 7. The van der Waals surface area contributed by atoms with Crippen molar-refractivity contribution in [2.45, 2.75) is 37.1 Å². The first-order valence-corrected chi connectivity index (χ1v) is 11.6. The van der Waals surface area contributed by atoms with E-state index in [9.17, 15) is 13.2 Å². The summed E-state index contributed by atoms with van der Waals surface area (Å²) in [5.41, 5.74) is 2.04. The van der Waals surface area contributed by atoms with E-state index in [0.717, 1.165) is 36.8 Å². The van der Waals surface area contributed by atoms with Crippen LogP contribution in [0, 0.1) is 5.92 Å². The number of carbonyl (C=O) groups excluding carboxylic acids is 1. The Morgan fingerprint density at radius 1 is 1.10 bits per heavy atom. The van der Waals surface area contributed by atoms with Gasteiger partial charge in [0, 0.05) is 25.6 Å². The Kier molecular flexibility index (Phi) is 5.87. The molecule has 2 aromatic rings. The average molecular weight is 415 g/mol. The Labute approximate surface area is 171 Å². The second-order valence-electron chi connectivity index (χ2n) is 7.63. The van der Waals surface area contributed by atoms with Gasteiger partial charge in [-0.2, -0.15) is 0 Å². The van der Waals surface area contributed by atoms with E-state index < -0.39 is 10.0 Å². The van der Waals surface area contributed by atoms with Crippen molar-refractivity contribution in [2.75, 3.05) is 19.7 Å². The molecule has 154 valence electrons. The third-order valence-corrected chi connectivity index (χ3v) is 7.13. The molecule has 1 aliphatic heterocycles. The Morgan fingerprint density at radius 3 is 2.62 bits per heavy atom. The number of hydrogen-bond donors (Lipinski definition) is 1. The molecule has 7 heteroatoms. The molecular weight excluding hydrogens is 388 g/mol. The molecule has 2 aliphatic rings. The number of amides is 1. The Morgan fingerprint density at radius 2 is 1.90 bits per heavy atom. The number of hydrogen-bond acceptors (Lipinski definition) is 4. The molecule has 0 bridgehead atoms. The zero-order chi connectivity index (χ0) is 20.3. The van der Waals surface area contributed by atoms with Gasteiger partial charge in [0.15, 0.2) is 0 Å². The van der Waals surface area contributed by atoms with Crippen molar-refractivity contribution in [1.29, 1.82) is 0 Å². The van der Waals surface area contributed by atoms with Crippen LogP contribution in [0.3, 0.4) is 0 Å². The minimum absolute atomic E-state index is 0.162. The summed E-state index contributed by atoms with van der Waals surface area (Å²) in [5.74, 6) is 1.08. The molecule has 1 fully saturated rings. The smallest absolute Gasteiger partial charge is 0.240 e. The average Bonchev–Trinajstić information content (AvgIpc) is 2.70. The number of para-hydroxylation sites is 1. The van der Waals surface area contributed by atoms with Gasteiger partial charge >= 0.3 is 0 Å². The van der Waals surface area contributed by atoms with E-state index in [2.05, 4.69) is 4.72 Å². The summed E-state index contributed by atoms with van der Waals surface area (Å²) in [5, 5.41) is 0. The molecule has 2 aromatic carbocycles. The van der Waals surface area contributed by atoms with Gasteiger partial charge in [-0.05, 0) is 54.7 Å². The lowest BCUT2D eigenvalue weighted by Gasteiger charge is -2.35. The quantitative estimate of drug-likeness (QED) is 0.707. The van der Waals surface area contributed by atoms with Crippen molar-refractivity contribution in [2.24, 2.45) is 5.92 Å². The maximum atomic E-state index is 12.7. The van der Waals surface area contributed by atoms with Gasteiger partial charge in [-0.3, -0.25) is 4.79 Å². The molecule has 4 rings (SSSR count). The number of carbonyl (C=O) groups is 1. The Bertz CT molecular complexity index is 972. The Hall–Kier alpha value is -2.38. The van der Waals surface area contributed by atoms with Gasteiger partial charge < -0.3 is 9.64 Å². The van der Waals surface area contributed by atoms with Crippen LogP contribution < -0.4 is 9.46 Å². The number of ether oxygens (including phenoxy) is 1. The molecule has 0 atom stereocenters. The summed E-state index contributed by atoms with van der Waals surface area (Å²) in [6.45, 7) is 1.63. The predicted molar refractivity (Wildman–Crippen MR) is 110 cm³/mol. The number of fused-ring (bicyclic) bond motifs is 1. The summed E-state index contributed by atoms with van der Waals surface area (Å²) in [4.78, 5) is 14.7. The second kappa shape index (κ2) is 8.55. The summed E-state index contributed by atoms with van der Waals surface area (Å²) in [7, 11) is -3.63. The van der Waals surface area contributed by atoms with E-state index in [1.54, 1.807) is 12.1 Å². The van der Waals surface area contributed by atoms with Crippen molar-refractivity contribution in [3.05, 3.63) is 59.7 Å². The second-order valence-corrected chi connectivity index (χ2v) is 9.39. The molecule has 0 spiro atoms. The lowest BCUT2D eigenvalue weighted by molar-refractivity contribution is -0.139. The summed E-state index contributed by atoms with van der Waals surface area (Å²) >= 11 is 0. The topological polar surface area (TPSA) is 75.7 Å². The van der Waals surface area contributed by atoms with Crippen LogP contribution in [-0.4, -0.2) is 38.9 Å². The van der Waals surface area contributed by atoms with Crippen LogP contribution in [-0.2, 0) is 27.8 Å².